The molecule has 0 heterocycles. The van der Waals surface area contributed by atoms with Crippen LogP contribution in [-0.2, 0) is 28.7 Å². The van der Waals surface area contributed by atoms with E-state index < -0.39 is 52.6 Å². The first kappa shape index (κ1) is 26.4. The third kappa shape index (κ3) is 4.37. The smallest absolute Gasteiger partial charge is 0.332 e. The highest BCUT2D eigenvalue weighted by molar-refractivity contribution is 6.01. The summed E-state index contributed by atoms with van der Waals surface area (Å²) in [4.78, 5) is 51.2. The highest BCUT2D eigenvalue weighted by atomic mass is 17.0. The van der Waals surface area contributed by atoms with Crippen molar-refractivity contribution in [3.05, 3.63) is 33.9 Å². The lowest BCUT2D eigenvalue weighted by Gasteiger charge is -2.59. The average Bonchev–Trinajstić information content (AvgIpc) is 3.08. The van der Waals surface area contributed by atoms with Gasteiger partial charge in [0.25, 0.3) is 5.09 Å². The van der Waals surface area contributed by atoms with E-state index >= 15 is 0 Å². The van der Waals surface area contributed by atoms with E-state index in [1.165, 1.54) is 0 Å². The number of hydrogen-bond donors (Lipinski definition) is 2. The van der Waals surface area contributed by atoms with Gasteiger partial charge < -0.3 is 24.5 Å². The molecule has 36 heavy (non-hydrogen) atoms. The lowest BCUT2D eigenvalue weighted by molar-refractivity contribution is -0.758. The number of hydrogen-bond acceptors (Lipinski definition) is 10. The minimum Gasteiger partial charge on any atom is -0.456 e. The van der Waals surface area contributed by atoms with Crippen LogP contribution in [0.5, 0.6) is 0 Å². The Morgan fingerprint density at radius 2 is 1.97 bits per heavy atom. The Labute approximate surface area is 208 Å². The van der Waals surface area contributed by atoms with Gasteiger partial charge in [-0.05, 0) is 56.1 Å². The summed E-state index contributed by atoms with van der Waals surface area (Å²) in [5.41, 5.74) is -2.05. The highest BCUT2D eigenvalue weighted by Crippen LogP contribution is 2.67. The summed E-state index contributed by atoms with van der Waals surface area (Å²) in [6, 6.07) is 0. The summed E-state index contributed by atoms with van der Waals surface area (Å²) in [6.07, 6.45) is 6.90. The average molecular weight is 508 g/mol. The molecule has 11 heteroatoms. The number of aliphatic hydroxyl groups is 2. The van der Waals surface area contributed by atoms with Gasteiger partial charge in [-0.3, -0.25) is 9.59 Å². The van der Waals surface area contributed by atoms with Crippen molar-refractivity contribution in [2.45, 2.75) is 57.7 Å². The summed E-state index contributed by atoms with van der Waals surface area (Å²) >= 11 is 0. The minimum absolute atomic E-state index is 0.00937. The predicted molar refractivity (Wildman–Crippen MR) is 123 cm³/mol. The molecule has 3 fully saturated rings. The molecule has 0 unspecified atom stereocenters. The largest absolute Gasteiger partial charge is 0.456 e. The molecule has 4 aliphatic carbocycles. The van der Waals surface area contributed by atoms with Gasteiger partial charge in [0.05, 0.1) is 12.7 Å². The Morgan fingerprint density at radius 1 is 1.22 bits per heavy atom. The monoisotopic (exact) mass is 507 g/mol. The lowest BCUT2D eigenvalue weighted by atomic mass is 9.46. The van der Waals surface area contributed by atoms with Gasteiger partial charge in [0.2, 0.25) is 5.78 Å². The van der Waals surface area contributed by atoms with Crippen molar-refractivity contribution in [3.63, 3.8) is 0 Å². The van der Waals surface area contributed by atoms with Gasteiger partial charge in [0.15, 0.2) is 12.4 Å². The maximum Gasteiger partial charge on any atom is 0.332 e. The molecule has 0 spiro atoms. The molecule has 0 bridgehead atoms. The van der Waals surface area contributed by atoms with E-state index in [0.29, 0.717) is 6.42 Å². The number of esters is 1. The molecule has 0 aromatic heterocycles. The molecule has 0 aromatic carbocycles. The number of ketones is 2. The summed E-state index contributed by atoms with van der Waals surface area (Å²) in [5, 5.41) is 32.1. The zero-order valence-electron chi connectivity index (χ0n) is 20.5. The first-order chi connectivity index (χ1) is 16.9. The summed E-state index contributed by atoms with van der Waals surface area (Å²) in [5.74, 6) is -1.56. The number of ether oxygens (including phenoxy) is 2. The zero-order chi connectivity index (χ0) is 26.3. The molecular weight excluding hydrogens is 474 g/mol. The molecule has 11 nitrogen and oxygen atoms in total. The number of rotatable bonds is 9. The molecule has 7 atom stereocenters. The normalized spacial score (nSPS) is 38.9. The van der Waals surface area contributed by atoms with Crippen molar-refractivity contribution in [1.29, 1.82) is 0 Å². The molecule has 4 rings (SSSR count). The molecule has 0 amide bonds. The van der Waals surface area contributed by atoms with Crippen molar-refractivity contribution < 1.29 is 44.0 Å². The van der Waals surface area contributed by atoms with Crippen molar-refractivity contribution >= 4 is 17.5 Å². The minimum atomic E-state index is -1.75. The van der Waals surface area contributed by atoms with Gasteiger partial charge in [-0.25, -0.2) is 4.79 Å². The quantitative estimate of drug-likeness (QED) is 0.201. The number of fused-ring (bicyclic) bond motifs is 5. The van der Waals surface area contributed by atoms with Crippen LogP contribution in [0.2, 0.25) is 0 Å². The Kier molecular flexibility index (Phi) is 7.11. The van der Waals surface area contributed by atoms with Crippen molar-refractivity contribution in [3.8, 4) is 0 Å². The second kappa shape index (κ2) is 9.68. The second-order valence-corrected chi connectivity index (χ2v) is 10.8. The van der Waals surface area contributed by atoms with Gasteiger partial charge in [-0.1, -0.05) is 25.5 Å². The van der Waals surface area contributed by atoms with Gasteiger partial charge >= 0.3 is 5.97 Å². The van der Waals surface area contributed by atoms with Crippen molar-refractivity contribution in [2.75, 3.05) is 26.4 Å². The van der Waals surface area contributed by atoms with E-state index in [9.17, 15) is 34.7 Å². The van der Waals surface area contributed by atoms with Crippen LogP contribution in [0.25, 0.3) is 0 Å². The van der Waals surface area contributed by atoms with Crippen LogP contribution in [0.15, 0.2) is 23.8 Å². The Bertz CT molecular complexity index is 1010. The fourth-order valence-corrected chi connectivity index (χ4v) is 7.42. The number of aliphatic hydroxyl groups excluding tert-OH is 1. The molecule has 0 aliphatic heterocycles. The van der Waals surface area contributed by atoms with E-state index in [2.05, 4.69) is 11.8 Å². The Hall–Kier alpha value is -2.63. The highest BCUT2D eigenvalue weighted by Gasteiger charge is 2.68. The van der Waals surface area contributed by atoms with Crippen LogP contribution < -0.4 is 0 Å². The number of carbonyl (C=O) groups is 3. The maximum atomic E-state index is 13.2. The van der Waals surface area contributed by atoms with Crippen molar-refractivity contribution in [2.24, 2.45) is 28.6 Å². The van der Waals surface area contributed by atoms with E-state index in [1.54, 1.807) is 12.2 Å². The maximum absolute atomic E-state index is 13.2. The Balaban J connectivity index is 1.41. The van der Waals surface area contributed by atoms with Gasteiger partial charge in [-0.2, -0.15) is 0 Å². The van der Waals surface area contributed by atoms with Crippen LogP contribution in [0.3, 0.4) is 0 Å². The van der Waals surface area contributed by atoms with Crippen LogP contribution in [0, 0.1) is 38.7 Å². The molecule has 4 aliphatic rings. The first-order valence-corrected chi connectivity index (χ1v) is 12.3. The van der Waals surface area contributed by atoms with E-state index in [1.807, 2.05) is 13.0 Å². The van der Waals surface area contributed by atoms with Crippen LogP contribution in [0.1, 0.15) is 46.0 Å². The predicted octanol–water partition coefficient (Wildman–Crippen LogP) is 1.33. The number of carbonyl (C=O) groups excluding carboxylic acids is 3. The lowest BCUT2D eigenvalue weighted by Crippen LogP contribution is -2.61. The van der Waals surface area contributed by atoms with E-state index in [4.69, 9.17) is 9.47 Å². The van der Waals surface area contributed by atoms with Gasteiger partial charge in [-0.15, -0.1) is 10.1 Å². The fraction of sp³-hybridized carbons (Fsp3) is 0.720. The molecule has 3 saturated carbocycles. The van der Waals surface area contributed by atoms with E-state index in [-0.39, 0.29) is 49.6 Å². The molecule has 0 radical (unpaired) electrons. The molecular formula is C25H33NO10. The van der Waals surface area contributed by atoms with Crippen LogP contribution in [0.4, 0.5) is 0 Å². The number of Topliss-reactive ketones (excluding diaryl/α,β-unsaturated/α-hetero) is 1. The first-order valence-electron chi connectivity index (χ1n) is 12.3. The van der Waals surface area contributed by atoms with Gasteiger partial charge in [0, 0.05) is 16.7 Å². The summed E-state index contributed by atoms with van der Waals surface area (Å²) in [6.45, 7) is 2.21. The molecule has 0 aromatic rings. The van der Waals surface area contributed by atoms with Crippen LogP contribution >= 0.6 is 0 Å². The fourth-order valence-electron chi connectivity index (χ4n) is 7.42. The zero-order valence-corrected chi connectivity index (χ0v) is 20.5. The third-order valence-corrected chi connectivity index (χ3v) is 9.12. The molecule has 0 saturated heterocycles. The molecule has 2 N–H and O–H groups in total. The summed E-state index contributed by atoms with van der Waals surface area (Å²) < 4.78 is 9.93. The third-order valence-electron chi connectivity index (χ3n) is 9.12. The van der Waals surface area contributed by atoms with Crippen LogP contribution in [-0.4, -0.2) is 71.0 Å². The number of allylic oxidation sites excluding steroid dienone is 4. The summed E-state index contributed by atoms with van der Waals surface area (Å²) in [7, 11) is 0. The second-order valence-electron chi connectivity index (χ2n) is 10.8. The SMILES string of the molecule is C[C@]12C=CC(=O)C=C1CC[C@@H]1[C@@H]2[C@@H](O)C[C@@]2(C)[C@H]1CC[C@]2(O)C(=O)COC(=O)COCCO[N+](=O)[O-]. The van der Waals surface area contributed by atoms with Gasteiger partial charge in [0.1, 0.15) is 18.8 Å². The molecule has 198 valence electrons. The standard InChI is InChI=1S/C25H33NO10/c1-23-7-5-16(27)11-15(23)3-4-17-18-6-8-25(31,24(18,2)12-19(28)22(17)23)20(29)13-35-21(30)14-34-9-10-36-26(32)33/h5,7,11,17-19,22,28,31H,3-4,6,8-10,12-14H2,1-2H3/t17-,18-,19-,22+,23-,24-,25-/m0/s1. The number of nitrogens with zero attached hydrogens (tertiary/aromatic N) is 1. The topological polar surface area (TPSA) is 163 Å². The van der Waals surface area contributed by atoms with E-state index in [0.717, 1.165) is 18.4 Å². The Morgan fingerprint density at radius 3 is 2.69 bits per heavy atom. The van der Waals surface area contributed by atoms with Crippen molar-refractivity contribution in [1.82, 2.24) is 0 Å².